The van der Waals surface area contributed by atoms with Gasteiger partial charge in [-0.1, -0.05) is 6.07 Å². The van der Waals surface area contributed by atoms with Gasteiger partial charge in [-0.2, -0.15) is 0 Å². The molecule has 0 bridgehead atoms. The summed E-state index contributed by atoms with van der Waals surface area (Å²) in [6.07, 6.45) is -2.55. The zero-order valence-corrected chi connectivity index (χ0v) is 13.0. The average molecular weight is 346 g/mol. The van der Waals surface area contributed by atoms with Crippen molar-refractivity contribution in [1.82, 2.24) is 0 Å². The van der Waals surface area contributed by atoms with Gasteiger partial charge < -0.3 is 29.9 Å². The molecule has 3 rings (SSSR count). The van der Waals surface area contributed by atoms with Gasteiger partial charge in [-0.05, 0) is 12.1 Å². The first-order valence-corrected chi connectivity index (χ1v) is 7.24. The lowest BCUT2D eigenvalue weighted by Gasteiger charge is -2.32. The van der Waals surface area contributed by atoms with Crippen molar-refractivity contribution in [3.05, 3.63) is 41.5 Å². The van der Waals surface area contributed by atoms with Gasteiger partial charge >= 0.3 is 5.97 Å². The minimum atomic E-state index is -1.41. The van der Waals surface area contributed by atoms with Crippen LogP contribution < -0.4 is 4.74 Å². The summed E-state index contributed by atoms with van der Waals surface area (Å²) in [5, 5.41) is 38.6. The van der Waals surface area contributed by atoms with Crippen LogP contribution in [-0.4, -0.2) is 38.3 Å². The molecular weight excluding hydrogens is 332 g/mol. The quantitative estimate of drug-likeness (QED) is 0.477. The van der Waals surface area contributed by atoms with Crippen molar-refractivity contribution in [2.75, 3.05) is 0 Å². The van der Waals surface area contributed by atoms with Crippen LogP contribution in [0.4, 0.5) is 0 Å². The molecule has 25 heavy (non-hydrogen) atoms. The smallest absolute Gasteiger partial charge is 0.303 e. The molecule has 0 spiro atoms. The van der Waals surface area contributed by atoms with E-state index in [9.17, 15) is 30.0 Å². The average Bonchev–Trinajstić information content (AvgIpc) is 2.51. The molecule has 0 aromatic heterocycles. The Morgan fingerprint density at radius 2 is 1.76 bits per heavy atom. The van der Waals surface area contributed by atoms with Gasteiger partial charge in [0.1, 0.15) is 22.8 Å². The van der Waals surface area contributed by atoms with Crippen LogP contribution in [0, 0.1) is 0 Å². The Morgan fingerprint density at radius 3 is 2.40 bits per heavy atom. The normalized spacial score (nSPS) is 19.0. The highest BCUT2D eigenvalue weighted by Crippen LogP contribution is 2.43. The Balaban J connectivity index is 2.13. The van der Waals surface area contributed by atoms with Gasteiger partial charge in [-0.25, -0.2) is 0 Å². The van der Waals surface area contributed by atoms with Crippen LogP contribution in [0.5, 0.6) is 28.7 Å². The summed E-state index contributed by atoms with van der Waals surface area (Å²) in [4.78, 5) is 24.1. The summed E-state index contributed by atoms with van der Waals surface area (Å²) in [7, 11) is 0. The molecule has 0 amide bonds. The molecule has 0 saturated carbocycles. The van der Waals surface area contributed by atoms with Crippen molar-refractivity contribution in [3.63, 3.8) is 0 Å². The van der Waals surface area contributed by atoms with E-state index in [4.69, 9.17) is 9.47 Å². The fourth-order valence-corrected chi connectivity index (χ4v) is 2.66. The number of carbonyl (C=O) groups excluding carboxylic acids is 2. The molecule has 0 radical (unpaired) electrons. The van der Waals surface area contributed by atoms with E-state index in [1.807, 2.05) is 0 Å². The van der Waals surface area contributed by atoms with Gasteiger partial charge in [0.15, 0.2) is 17.6 Å². The minimum Gasteiger partial charge on any atom is -0.508 e. The van der Waals surface area contributed by atoms with Crippen molar-refractivity contribution >= 4 is 11.8 Å². The van der Waals surface area contributed by atoms with Crippen molar-refractivity contribution in [1.29, 1.82) is 0 Å². The first-order chi connectivity index (χ1) is 11.8. The van der Waals surface area contributed by atoms with Crippen molar-refractivity contribution in [3.8, 4) is 28.7 Å². The Kier molecular flexibility index (Phi) is 3.88. The van der Waals surface area contributed by atoms with Gasteiger partial charge in [-0.3, -0.25) is 9.59 Å². The van der Waals surface area contributed by atoms with Gasteiger partial charge in [-0.15, -0.1) is 0 Å². The largest absolute Gasteiger partial charge is 0.508 e. The van der Waals surface area contributed by atoms with Crippen LogP contribution in [0.2, 0.25) is 0 Å². The number of phenolic OH excluding ortho intramolecular Hbond substituents is 4. The Morgan fingerprint density at radius 1 is 1.04 bits per heavy atom. The summed E-state index contributed by atoms with van der Waals surface area (Å²) < 4.78 is 10.7. The van der Waals surface area contributed by atoms with Gasteiger partial charge in [0.25, 0.3) is 0 Å². The van der Waals surface area contributed by atoms with Gasteiger partial charge in [0.2, 0.25) is 11.9 Å². The standard InChI is InChI=1S/C17H14O8/c1-7(18)24-17-15(23)14-12(22)5-9(19)6-13(14)25-16(17)8-2-3-10(20)11(21)4-8/h2-6,16-17,19-22H,1H3/t16-,17+/m0/s1. The number of fused-ring (bicyclic) bond motifs is 1. The number of hydrogen-bond donors (Lipinski definition) is 4. The van der Waals surface area contributed by atoms with Crippen LogP contribution in [0.25, 0.3) is 0 Å². The predicted octanol–water partition coefficient (Wildman–Crippen LogP) is 1.76. The van der Waals surface area contributed by atoms with Crippen LogP contribution in [0.1, 0.15) is 28.9 Å². The molecule has 2 aromatic rings. The second-order valence-corrected chi connectivity index (χ2v) is 5.52. The summed E-state index contributed by atoms with van der Waals surface area (Å²) in [5.41, 5.74) is 0.0340. The molecule has 8 nitrogen and oxygen atoms in total. The lowest BCUT2D eigenvalue weighted by atomic mass is 9.92. The topological polar surface area (TPSA) is 134 Å². The molecular formula is C17H14O8. The maximum Gasteiger partial charge on any atom is 0.303 e. The molecule has 130 valence electrons. The number of ether oxygens (including phenoxy) is 2. The fourth-order valence-electron chi connectivity index (χ4n) is 2.66. The van der Waals surface area contributed by atoms with Crippen molar-refractivity contribution in [2.24, 2.45) is 0 Å². The third-order valence-electron chi connectivity index (χ3n) is 3.72. The number of ketones is 1. The second-order valence-electron chi connectivity index (χ2n) is 5.52. The van der Waals surface area contributed by atoms with Gasteiger partial charge in [0, 0.05) is 24.6 Å². The highest BCUT2D eigenvalue weighted by atomic mass is 16.6. The van der Waals surface area contributed by atoms with Crippen molar-refractivity contribution < 1.29 is 39.5 Å². The van der Waals surface area contributed by atoms with E-state index < -0.39 is 35.5 Å². The Bertz CT molecular complexity index is 873. The number of hydrogen-bond acceptors (Lipinski definition) is 8. The maximum atomic E-state index is 12.7. The second kappa shape index (κ2) is 5.90. The predicted molar refractivity (Wildman–Crippen MR) is 82.8 cm³/mol. The van der Waals surface area contributed by atoms with E-state index in [2.05, 4.69) is 0 Å². The van der Waals surface area contributed by atoms with E-state index in [0.717, 1.165) is 25.1 Å². The molecule has 0 unspecified atom stereocenters. The number of Topliss-reactive ketones (excluding diaryl/α,β-unsaturated/α-hetero) is 1. The Hall–Kier alpha value is -3.42. The third kappa shape index (κ3) is 2.89. The molecule has 1 aliphatic rings. The van der Waals surface area contributed by atoms with E-state index in [1.165, 1.54) is 12.1 Å². The van der Waals surface area contributed by atoms with E-state index in [1.54, 1.807) is 0 Å². The number of benzene rings is 2. The molecule has 2 aromatic carbocycles. The summed E-state index contributed by atoms with van der Waals surface area (Å²) in [6, 6.07) is 5.86. The molecule has 8 heteroatoms. The summed E-state index contributed by atoms with van der Waals surface area (Å²) in [6.45, 7) is 1.12. The number of aromatic hydroxyl groups is 4. The zero-order valence-electron chi connectivity index (χ0n) is 13.0. The van der Waals surface area contributed by atoms with E-state index in [-0.39, 0.29) is 28.4 Å². The molecule has 0 aliphatic carbocycles. The van der Waals surface area contributed by atoms with Crippen LogP contribution in [0.15, 0.2) is 30.3 Å². The zero-order chi connectivity index (χ0) is 18.3. The molecule has 0 saturated heterocycles. The number of carbonyl (C=O) groups is 2. The highest BCUT2D eigenvalue weighted by molar-refractivity contribution is 6.06. The fraction of sp³-hybridized carbons (Fsp3) is 0.176. The van der Waals surface area contributed by atoms with E-state index in [0.29, 0.717) is 0 Å². The summed E-state index contributed by atoms with van der Waals surface area (Å²) >= 11 is 0. The molecule has 4 N–H and O–H groups in total. The van der Waals surface area contributed by atoms with Crippen molar-refractivity contribution in [2.45, 2.75) is 19.1 Å². The van der Waals surface area contributed by atoms with Gasteiger partial charge in [0.05, 0.1) is 0 Å². The van der Waals surface area contributed by atoms with Crippen LogP contribution in [0.3, 0.4) is 0 Å². The molecule has 2 atom stereocenters. The molecule has 1 heterocycles. The highest BCUT2D eigenvalue weighted by Gasteiger charge is 2.42. The van der Waals surface area contributed by atoms with Crippen LogP contribution in [-0.2, 0) is 9.53 Å². The monoisotopic (exact) mass is 346 g/mol. The summed E-state index contributed by atoms with van der Waals surface area (Å²) in [5.74, 6) is -3.19. The van der Waals surface area contributed by atoms with Crippen LogP contribution >= 0.6 is 0 Å². The number of esters is 1. The number of rotatable bonds is 2. The SMILES string of the molecule is CC(=O)O[C@@H]1C(=O)c2c(O)cc(O)cc2O[C@H]1c1ccc(O)c(O)c1. The minimum absolute atomic E-state index is 0.0940. The maximum absolute atomic E-state index is 12.7. The lowest BCUT2D eigenvalue weighted by Crippen LogP contribution is -2.39. The Labute approximate surface area is 141 Å². The lowest BCUT2D eigenvalue weighted by molar-refractivity contribution is -0.148. The molecule has 1 aliphatic heterocycles. The number of phenols is 4. The first-order valence-electron chi connectivity index (χ1n) is 7.24. The third-order valence-corrected chi connectivity index (χ3v) is 3.72. The first kappa shape index (κ1) is 16.4. The molecule has 0 fully saturated rings. The van der Waals surface area contributed by atoms with E-state index >= 15 is 0 Å².